The summed E-state index contributed by atoms with van der Waals surface area (Å²) < 4.78 is 5.15. The van der Waals surface area contributed by atoms with Gasteiger partial charge in [0.1, 0.15) is 11.4 Å². The zero-order chi connectivity index (χ0) is 17.8. The number of nitrogens with one attached hydrogen (secondary N) is 1. The Bertz CT molecular complexity index is 843. The van der Waals surface area contributed by atoms with Crippen LogP contribution in [0, 0.1) is 0 Å². The molecule has 1 atom stereocenters. The van der Waals surface area contributed by atoms with E-state index in [1.165, 1.54) is 0 Å². The van der Waals surface area contributed by atoms with Crippen LogP contribution >= 0.6 is 0 Å². The second-order valence-electron chi connectivity index (χ2n) is 5.77. The van der Waals surface area contributed by atoms with Gasteiger partial charge in [-0.2, -0.15) is 5.10 Å². The zero-order valence-corrected chi connectivity index (χ0v) is 14.4. The fraction of sp³-hybridized carbons (Fsp3) is 0.211. The lowest BCUT2D eigenvalue weighted by Gasteiger charge is -2.24. The fourth-order valence-corrected chi connectivity index (χ4v) is 2.55. The second kappa shape index (κ2) is 7.17. The number of pyridine rings is 1. The molecule has 25 heavy (non-hydrogen) atoms. The van der Waals surface area contributed by atoms with Gasteiger partial charge in [-0.3, -0.25) is 14.9 Å². The summed E-state index contributed by atoms with van der Waals surface area (Å²) in [6, 6.07) is 13.0. The number of aromatic amines is 1. The number of H-pyrrole nitrogens is 1. The van der Waals surface area contributed by atoms with Crippen molar-refractivity contribution >= 4 is 5.91 Å². The number of methoxy groups -OCH3 is 1. The highest BCUT2D eigenvalue weighted by Crippen LogP contribution is 2.23. The van der Waals surface area contributed by atoms with Gasteiger partial charge in [0.05, 0.1) is 18.8 Å². The van der Waals surface area contributed by atoms with Crippen molar-refractivity contribution in [2.75, 3.05) is 14.2 Å². The molecule has 0 bridgehead atoms. The molecule has 1 amide bonds. The number of benzene rings is 1. The predicted molar refractivity (Wildman–Crippen MR) is 95.3 cm³/mol. The molecule has 0 saturated heterocycles. The number of amides is 1. The highest BCUT2D eigenvalue weighted by atomic mass is 16.5. The predicted octanol–water partition coefficient (Wildman–Crippen LogP) is 3.31. The third-order valence-electron chi connectivity index (χ3n) is 4.26. The van der Waals surface area contributed by atoms with Gasteiger partial charge in [-0.1, -0.05) is 6.07 Å². The van der Waals surface area contributed by atoms with Crippen LogP contribution < -0.4 is 4.74 Å². The molecule has 0 aliphatic rings. The number of rotatable bonds is 5. The highest BCUT2D eigenvalue weighted by molar-refractivity contribution is 5.93. The summed E-state index contributed by atoms with van der Waals surface area (Å²) in [5, 5.41) is 7.08. The monoisotopic (exact) mass is 336 g/mol. The minimum Gasteiger partial charge on any atom is -0.497 e. The average molecular weight is 336 g/mol. The number of hydrogen-bond donors (Lipinski definition) is 1. The molecule has 1 aromatic carbocycles. The number of ether oxygens (including phenoxy) is 1. The molecular formula is C19H20N4O2. The molecule has 2 heterocycles. The van der Waals surface area contributed by atoms with Crippen molar-refractivity contribution in [2.45, 2.75) is 13.0 Å². The number of nitrogens with zero attached hydrogens (tertiary/aromatic N) is 3. The maximum atomic E-state index is 12.7. The van der Waals surface area contributed by atoms with Crippen molar-refractivity contribution in [3.8, 4) is 17.0 Å². The Balaban J connectivity index is 1.77. The zero-order valence-electron chi connectivity index (χ0n) is 14.4. The van der Waals surface area contributed by atoms with Crippen LogP contribution in [0.3, 0.4) is 0 Å². The molecule has 0 spiro atoms. The summed E-state index contributed by atoms with van der Waals surface area (Å²) in [6.07, 6.45) is 3.48. The summed E-state index contributed by atoms with van der Waals surface area (Å²) in [5.74, 6) is 0.657. The average Bonchev–Trinajstić information content (AvgIpc) is 3.17. The first-order valence-electron chi connectivity index (χ1n) is 7.97. The van der Waals surface area contributed by atoms with E-state index in [-0.39, 0.29) is 11.9 Å². The quantitative estimate of drug-likeness (QED) is 0.776. The summed E-state index contributed by atoms with van der Waals surface area (Å²) in [4.78, 5) is 18.5. The first-order valence-corrected chi connectivity index (χ1v) is 7.97. The van der Waals surface area contributed by atoms with Crippen molar-refractivity contribution in [3.05, 3.63) is 66.1 Å². The van der Waals surface area contributed by atoms with E-state index in [1.807, 2.05) is 43.3 Å². The van der Waals surface area contributed by atoms with Crippen LogP contribution in [0.25, 0.3) is 11.3 Å². The smallest absolute Gasteiger partial charge is 0.272 e. The van der Waals surface area contributed by atoms with Crippen molar-refractivity contribution in [1.29, 1.82) is 0 Å². The third kappa shape index (κ3) is 3.52. The third-order valence-corrected chi connectivity index (χ3v) is 4.26. The highest BCUT2D eigenvalue weighted by Gasteiger charge is 2.21. The number of carbonyl (C=O) groups excluding carboxylic acids is 1. The van der Waals surface area contributed by atoms with Crippen LogP contribution in [0.1, 0.15) is 29.0 Å². The first kappa shape index (κ1) is 16.7. The lowest BCUT2D eigenvalue weighted by molar-refractivity contribution is 0.0736. The van der Waals surface area contributed by atoms with Gasteiger partial charge >= 0.3 is 0 Å². The van der Waals surface area contributed by atoms with Gasteiger partial charge in [-0.15, -0.1) is 0 Å². The molecule has 0 fully saturated rings. The van der Waals surface area contributed by atoms with Crippen LogP contribution in [0.4, 0.5) is 0 Å². The van der Waals surface area contributed by atoms with E-state index < -0.39 is 0 Å². The minimum atomic E-state index is -0.122. The second-order valence-corrected chi connectivity index (χ2v) is 5.77. The fourth-order valence-electron chi connectivity index (χ4n) is 2.55. The maximum Gasteiger partial charge on any atom is 0.272 e. The summed E-state index contributed by atoms with van der Waals surface area (Å²) in [7, 11) is 3.40. The van der Waals surface area contributed by atoms with E-state index >= 15 is 0 Å². The van der Waals surface area contributed by atoms with Crippen LogP contribution in [-0.4, -0.2) is 40.1 Å². The molecule has 0 radical (unpaired) electrons. The van der Waals surface area contributed by atoms with Crippen molar-refractivity contribution < 1.29 is 9.53 Å². The lowest BCUT2D eigenvalue weighted by atomic mass is 10.1. The van der Waals surface area contributed by atoms with Gasteiger partial charge in [0.25, 0.3) is 5.91 Å². The van der Waals surface area contributed by atoms with Gasteiger partial charge in [0.2, 0.25) is 0 Å². The van der Waals surface area contributed by atoms with Gasteiger partial charge in [-0.05, 0) is 48.9 Å². The number of aromatic nitrogens is 3. The molecule has 0 aliphatic heterocycles. The Morgan fingerprint density at radius 3 is 2.64 bits per heavy atom. The Labute approximate surface area is 146 Å². The molecule has 3 aromatic rings. The molecule has 0 aliphatic carbocycles. The van der Waals surface area contributed by atoms with Crippen LogP contribution in [0.2, 0.25) is 0 Å². The van der Waals surface area contributed by atoms with Gasteiger partial charge < -0.3 is 9.64 Å². The van der Waals surface area contributed by atoms with Crippen LogP contribution in [0.5, 0.6) is 5.75 Å². The Morgan fingerprint density at radius 1 is 1.24 bits per heavy atom. The summed E-state index contributed by atoms with van der Waals surface area (Å²) in [6.45, 7) is 1.97. The SMILES string of the molecule is COc1ccc(-c2cc(C(=O)N(C)[C@H](C)c3cccnc3)[nH]n2)cc1. The molecule has 0 unspecified atom stereocenters. The molecule has 1 N–H and O–H groups in total. The molecule has 6 nitrogen and oxygen atoms in total. The van der Waals surface area contributed by atoms with Crippen LogP contribution in [-0.2, 0) is 0 Å². The number of hydrogen-bond acceptors (Lipinski definition) is 4. The van der Waals surface area contributed by atoms with Gasteiger partial charge in [-0.25, -0.2) is 0 Å². The normalized spacial score (nSPS) is 11.8. The minimum absolute atomic E-state index is 0.0889. The molecule has 0 saturated carbocycles. The number of carbonyl (C=O) groups is 1. The molecule has 3 rings (SSSR count). The van der Waals surface area contributed by atoms with Crippen LogP contribution in [0.15, 0.2) is 54.9 Å². The Morgan fingerprint density at radius 2 is 2.00 bits per heavy atom. The Hall–Kier alpha value is -3.15. The largest absolute Gasteiger partial charge is 0.497 e. The van der Waals surface area contributed by atoms with Gasteiger partial charge in [0, 0.05) is 25.0 Å². The van der Waals surface area contributed by atoms with E-state index in [1.54, 1.807) is 37.5 Å². The van der Waals surface area contributed by atoms with Crippen molar-refractivity contribution in [3.63, 3.8) is 0 Å². The van der Waals surface area contributed by atoms with Crippen molar-refractivity contribution in [1.82, 2.24) is 20.1 Å². The standard InChI is InChI=1S/C19H20N4O2/c1-13(15-5-4-10-20-12-15)23(2)19(24)18-11-17(21-22-18)14-6-8-16(25-3)9-7-14/h4-13H,1-3H3,(H,21,22)/t13-/m1/s1. The van der Waals surface area contributed by atoms with E-state index in [2.05, 4.69) is 15.2 Å². The van der Waals surface area contributed by atoms with E-state index in [9.17, 15) is 4.79 Å². The summed E-state index contributed by atoms with van der Waals surface area (Å²) in [5.41, 5.74) is 3.06. The van der Waals surface area contributed by atoms with E-state index in [0.717, 1.165) is 16.9 Å². The van der Waals surface area contributed by atoms with Crippen molar-refractivity contribution in [2.24, 2.45) is 0 Å². The Kier molecular flexibility index (Phi) is 4.79. The lowest BCUT2D eigenvalue weighted by Crippen LogP contribution is -2.30. The van der Waals surface area contributed by atoms with Gasteiger partial charge in [0.15, 0.2) is 0 Å². The molecule has 2 aromatic heterocycles. The molecular weight excluding hydrogens is 316 g/mol. The molecule has 6 heteroatoms. The van der Waals surface area contributed by atoms with E-state index in [4.69, 9.17) is 4.74 Å². The topological polar surface area (TPSA) is 71.1 Å². The first-order chi connectivity index (χ1) is 12.1. The van der Waals surface area contributed by atoms with E-state index in [0.29, 0.717) is 11.4 Å². The molecule has 128 valence electrons. The summed E-state index contributed by atoms with van der Waals surface area (Å²) >= 11 is 0. The maximum absolute atomic E-state index is 12.7.